The molecule has 0 spiro atoms. The molecule has 0 amide bonds. The summed E-state index contributed by atoms with van der Waals surface area (Å²) in [6.07, 6.45) is 8.25. The van der Waals surface area contributed by atoms with Crippen LogP contribution in [0.3, 0.4) is 0 Å². The van der Waals surface area contributed by atoms with Gasteiger partial charge in [-0.2, -0.15) is 0 Å². The van der Waals surface area contributed by atoms with Gasteiger partial charge in [-0.25, -0.2) is 0 Å². The van der Waals surface area contributed by atoms with Crippen molar-refractivity contribution < 1.29 is 9.59 Å². The average molecular weight is 300 g/mol. The number of rotatable bonds is 0. The largest absolute Gasteiger partial charge is 0.299 e. The highest BCUT2D eigenvalue weighted by Gasteiger charge is 2.59. The molecule has 2 heteroatoms. The number of carbonyl (C=O) groups is 2. The van der Waals surface area contributed by atoms with E-state index in [0.29, 0.717) is 29.3 Å². The smallest absolute Gasteiger partial charge is 0.158 e. The van der Waals surface area contributed by atoms with Crippen molar-refractivity contribution in [2.24, 2.45) is 28.6 Å². The van der Waals surface area contributed by atoms with Crippen molar-refractivity contribution in [1.82, 2.24) is 0 Å². The number of carbonyl (C=O) groups excluding carboxylic acids is 2. The molecule has 4 aliphatic carbocycles. The lowest BCUT2D eigenvalue weighted by atomic mass is 9.47. The van der Waals surface area contributed by atoms with Gasteiger partial charge in [0, 0.05) is 18.3 Å². The van der Waals surface area contributed by atoms with Crippen molar-refractivity contribution in [1.29, 1.82) is 0 Å². The Morgan fingerprint density at radius 3 is 2.36 bits per heavy atom. The van der Waals surface area contributed by atoms with E-state index in [1.54, 1.807) is 0 Å². The first-order chi connectivity index (χ1) is 10.4. The van der Waals surface area contributed by atoms with E-state index in [1.807, 2.05) is 0 Å². The molecule has 0 radical (unpaired) electrons. The molecule has 0 aromatic rings. The van der Waals surface area contributed by atoms with Gasteiger partial charge in [0.2, 0.25) is 0 Å². The summed E-state index contributed by atoms with van der Waals surface area (Å²) in [5.74, 6) is 2.92. The van der Waals surface area contributed by atoms with Crippen molar-refractivity contribution in [3.8, 4) is 0 Å². The zero-order chi connectivity index (χ0) is 15.7. The van der Waals surface area contributed by atoms with E-state index in [0.717, 1.165) is 44.1 Å². The van der Waals surface area contributed by atoms with Crippen molar-refractivity contribution in [2.75, 3.05) is 0 Å². The van der Waals surface area contributed by atoms with Crippen molar-refractivity contribution in [3.63, 3.8) is 0 Å². The first-order valence-corrected chi connectivity index (χ1v) is 9.14. The lowest BCUT2D eigenvalue weighted by Crippen LogP contribution is -2.51. The summed E-state index contributed by atoms with van der Waals surface area (Å²) in [5.41, 5.74) is 2.74. The van der Waals surface area contributed by atoms with Crippen LogP contribution in [0.15, 0.2) is 11.1 Å². The van der Waals surface area contributed by atoms with Gasteiger partial charge in [0.15, 0.2) is 5.78 Å². The van der Waals surface area contributed by atoms with Gasteiger partial charge in [-0.3, -0.25) is 9.59 Å². The number of allylic oxidation sites excluding steroid dienone is 1. The molecule has 0 aromatic carbocycles. The van der Waals surface area contributed by atoms with Crippen LogP contribution in [-0.2, 0) is 9.59 Å². The Hall–Kier alpha value is -0.920. The minimum Gasteiger partial charge on any atom is -0.299 e. The summed E-state index contributed by atoms with van der Waals surface area (Å²) in [7, 11) is 0. The molecule has 120 valence electrons. The minimum atomic E-state index is -0.0295. The quantitative estimate of drug-likeness (QED) is 0.661. The van der Waals surface area contributed by atoms with Gasteiger partial charge < -0.3 is 0 Å². The standard InChI is InChI=1S/C20H28O2/c1-12-14-5-4-13-15-6-7-18(22)20(15,3)10-8-16(13)19(14,2)11-9-17(12)21/h13,15-16H,4-11H2,1-3H3/t13-,15+,16-,19-,20-/m0/s1. The molecule has 0 aliphatic heterocycles. The van der Waals surface area contributed by atoms with Gasteiger partial charge >= 0.3 is 0 Å². The Kier molecular flexibility index (Phi) is 3.03. The average Bonchev–Trinajstić information content (AvgIpc) is 2.79. The van der Waals surface area contributed by atoms with Gasteiger partial charge in [0.05, 0.1) is 0 Å². The second kappa shape index (κ2) is 4.55. The maximum Gasteiger partial charge on any atom is 0.158 e. The Morgan fingerprint density at radius 1 is 0.864 bits per heavy atom. The summed E-state index contributed by atoms with van der Waals surface area (Å²) >= 11 is 0. The van der Waals surface area contributed by atoms with Crippen molar-refractivity contribution in [3.05, 3.63) is 11.1 Å². The molecular formula is C20H28O2. The lowest BCUT2D eigenvalue weighted by molar-refractivity contribution is -0.132. The van der Waals surface area contributed by atoms with Gasteiger partial charge in [-0.05, 0) is 74.2 Å². The summed E-state index contributed by atoms with van der Waals surface area (Å²) in [5, 5.41) is 0. The molecule has 22 heavy (non-hydrogen) atoms. The number of hydrogen-bond acceptors (Lipinski definition) is 2. The molecule has 4 aliphatic rings. The second-order valence-corrected chi connectivity index (χ2v) is 8.78. The molecule has 0 unspecified atom stereocenters. The maximum atomic E-state index is 12.4. The molecule has 4 rings (SSSR count). The number of hydrogen-bond donors (Lipinski definition) is 0. The monoisotopic (exact) mass is 300 g/mol. The van der Waals surface area contributed by atoms with Gasteiger partial charge in [0.1, 0.15) is 5.78 Å². The first kappa shape index (κ1) is 14.7. The third-order valence-electron chi connectivity index (χ3n) is 8.12. The summed E-state index contributed by atoms with van der Waals surface area (Å²) < 4.78 is 0. The Labute approximate surface area is 133 Å². The fourth-order valence-electron chi connectivity index (χ4n) is 6.75. The number of fused-ring (bicyclic) bond motifs is 5. The minimum absolute atomic E-state index is 0.0295. The molecule has 0 saturated heterocycles. The highest BCUT2D eigenvalue weighted by atomic mass is 16.1. The highest BCUT2D eigenvalue weighted by Crippen LogP contribution is 2.64. The normalized spacial score (nSPS) is 48.0. The van der Waals surface area contributed by atoms with Crippen LogP contribution < -0.4 is 0 Å². The van der Waals surface area contributed by atoms with Crippen LogP contribution in [0.1, 0.15) is 72.1 Å². The molecule has 0 heterocycles. The Balaban J connectivity index is 1.73. The van der Waals surface area contributed by atoms with E-state index in [-0.39, 0.29) is 10.8 Å². The van der Waals surface area contributed by atoms with Crippen LogP contribution in [0.5, 0.6) is 0 Å². The molecule has 3 saturated carbocycles. The molecule has 3 fully saturated rings. The fraction of sp³-hybridized carbons (Fsp3) is 0.800. The zero-order valence-corrected chi connectivity index (χ0v) is 14.2. The van der Waals surface area contributed by atoms with E-state index in [9.17, 15) is 9.59 Å². The van der Waals surface area contributed by atoms with Gasteiger partial charge in [0.25, 0.3) is 0 Å². The fourth-order valence-corrected chi connectivity index (χ4v) is 6.75. The highest BCUT2D eigenvalue weighted by molar-refractivity contribution is 5.96. The van der Waals surface area contributed by atoms with Crippen LogP contribution in [-0.4, -0.2) is 11.6 Å². The van der Waals surface area contributed by atoms with E-state index in [4.69, 9.17) is 0 Å². The summed E-state index contributed by atoms with van der Waals surface area (Å²) in [6, 6.07) is 0. The zero-order valence-electron chi connectivity index (χ0n) is 14.2. The third-order valence-corrected chi connectivity index (χ3v) is 8.12. The molecule has 5 atom stereocenters. The van der Waals surface area contributed by atoms with Crippen LogP contribution in [0, 0.1) is 28.6 Å². The van der Waals surface area contributed by atoms with Crippen LogP contribution in [0.2, 0.25) is 0 Å². The topological polar surface area (TPSA) is 34.1 Å². The molecule has 2 nitrogen and oxygen atoms in total. The molecule has 0 aromatic heterocycles. The predicted octanol–water partition coefficient (Wildman–Crippen LogP) is 4.48. The van der Waals surface area contributed by atoms with E-state index < -0.39 is 0 Å². The summed E-state index contributed by atoms with van der Waals surface area (Å²) in [6.45, 7) is 6.72. The maximum absolute atomic E-state index is 12.4. The number of Topliss-reactive ketones (excluding diaryl/α,β-unsaturated/α-hetero) is 2. The lowest BCUT2D eigenvalue weighted by Gasteiger charge is -2.57. The van der Waals surface area contributed by atoms with Crippen LogP contribution in [0.4, 0.5) is 0 Å². The van der Waals surface area contributed by atoms with E-state index in [2.05, 4.69) is 20.8 Å². The number of ketones is 2. The van der Waals surface area contributed by atoms with Gasteiger partial charge in [-0.15, -0.1) is 0 Å². The predicted molar refractivity (Wildman–Crippen MR) is 86.3 cm³/mol. The van der Waals surface area contributed by atoms with Crippen molar-refractivity contribution >= 4 is 11.6 Å². The van der Waals surface area contributed by atoms with Crippen LogP contribution >= 0.6 is 0 Å². The summed E-state index contributed by atoms with van der Waals surface area (Å²) in [4.78, 5) is 24.5. The van der Waals surface area contributed by atoms with E-state index >= 15 is 0 Å². The molecular weight excluding hydrogens is 272 g/mol. The Bertz CT molecular complexity index is 587. The van der Waals surface area contributed by atoms with E-state index in [1.165, 1.54) is 18.4 Å². The molecule has 0 bridgehead atoms. The second-order valence-electron chi connectivity index (χ2n) is 8.78. The SMILES string of the molecule is CC1=C2CC[C@H]3[C@H]4CCC(=O)[C@@]4(C)CC[C@@H]3[C@@]2(C)CCC1=O. The van der Waals surface area contributed by atoms with Crippen molar-refractivity contribution in [2.45, 2.75) is 72.1 Å². The van der Waals surface area contributed by atoms with Crippen LogP contribution in [0.25, 0.3) is 0 Å². The Morgan fingerprint density at radius 2 is 1.59 bits per heavy atom. The third kappa shape index (κ3) is 1.67. The van der Waals surface area contributed by atoms with Gasteiger partial charge in [-0.1, -0.05) is 19.4 Å². The first-order valence-electron chi connectivity index (χ1n) is 9.14. The molecule has 0 N–H and O–H groups in total.